The van der Waals surface area contributed by atoms with E-state index in [0.29, 0.717) is 0 Å². The maximum absolute atomic E-state index is 4.66. The molecule has 2 nitrogen and oxygen atoms in total. The number of nitrogens with zero attached hydrogens (tertiary/aromatic N) is 1. The average molecular weight is 242 g/mol. The SMILES string of the molecule is CCCNC1(c2nc(C)cs2)CCSC1. The topological polar surface area (TPSA) is 24.9 Å². The smallest absolute Gasteiger partial charge is 0.114 e. The summed E-state index contributed by atoms with van der Waals surface area (Å²) in [5.41, 5.74) is 1.34. The lowest BCUT2D eigenvalue weighted by molar-refractivity contribution is 0.375. The van der Waals surface area contributed by atoms with Gasteiger partial charge in [0.05, 0.1) is 5.54 Å². The quantitative estimate of drug-likeness (QED) is 0.879. The molecule has 2 rings (SSSR count). The Kier molecular flexibility index (Phi) is 3.69. The van der Waals surface area contributed by atoms with Crippen LogP contribution < -0.4 is 5.32 Å². The van der Waals surface area contributed by atoms with Gasteiger partial charge in [0.25, 0.3) is 0 Å². The Hall–Kier alpha value is -0.0600. The van der Waals surface area contributed by atoms with E-state index in [9.17, 15) is 0 Å². The summed E-state index contributed by atoms with van der Waals surface area (Å²) in [6, 6.07) is 0. The summed E-state index contributed by atoms with van der Waals surface area (Å²) in [5.74, 6) is 2.44. The van der Waals surface area contributed by atoms with Crippen molar-refractivity contribution in [2.45, 2.75) is 32.2 Å². The van der Waals surface area contributed by atoms with Crippen LogP contribution in [-0.4, -0.2) is 23.0 Å². The molecule has 1 unspecified atom stereocenters. The van der Waals surface area contributed by atoms with Crippen LogP contribution in [-0.2, 0) is 5.54 Å². The zero-order valence-corrected chi connectivity index (χ0v) is 11.0. The van der Waals surface area contributed by atoms with Gasteiger partial charge in [0.15, 0.2) is 0 Å². The van der Waals surface area contributed by atoms with Crippen LogP contribution in [0.1, 0.15) is 30.5 Å². The van der Waals surface area contributed by atoms with Gasteiger partial charge in [0, 0.05) is 16.8 Å². The van der Waals surface area contributed by atoms with Crippen molar-refractivity contribution in [2.75, 3.05) is 18.1 Å². The van der Waals surface area contributed by atoms with E-state index in [2.05, 4.69) is 29.5 Å². The molecule has 1 fully saturated rings. The molecule has 1 atom stereocenters. The highest BCUT2D eigenvalue weighted by Gasteiger charge is 2.37. The van der Waals surface area contributed by atoms with E-state index in [1.807, 2.05) is 23.1 Å². The normalized spacial score (nSPS) is 26.0. The number of hydrogen-bond donors (Lipinski definition) is 1. The van der Waals surface area contributed by atoms with Gasteiger partial charge >= 0.3 is 0 Å². The fraction of sp³-hybridized carbons (Fsp3) is 0.727. The fourth-order valence-corrected chi connectivity index (χ4v) is 4.35. The minimum absolute atomic E-state index is 0.180. The van der Waals surface area contributed by atoms with Gasteiger partial charge in [-0.3, -0.25) is 0 Å². The van der Waals surface area contributed by atoms with Gasteiger partial charge < -0.3 is 5.32 Å². The lowest BCUT2D eigenvalue weighted by Crippen LogP contribution is -2.42. The van der Waals surface area contributed by atoms with E-state index in [1.54, 1.807) is 0 Å². The molecule has 0 bridgehead atoms. The van der Waals surface area contributed by atoms with Crippen molar-refractivity contribution in [2.24, 2.45) is 0 Å². The molecule has 1 N–H and O–H groups in total. The fourth-order valence-electron chi connectivity index (χ4n) is 1.89. The van der Waals surface area contributed by atoms with Crippen molar-refractivity contribution >= 4 is 23.1 Å². The molecule has 1 aromatic heterocycles. The minimum Gasteiger partial charge on any atom is -0.305 e. The highest BCUT2D eigenvalue weighted by atomic mass is 32.2. The number of thioether (sulfide) groups is 1. The maximum atomic E-state index is 4.66. The first kappa shape index (κ1) is 11.4. The largest absolute Gasteiger partial charge is 0.305 e. The summed E-state index contributed by atoms with van der Waals surface area (Å²) in [6.07, 6.45) is 2.42. The molecule has 0 amide bonds. The number of rotatable bonds is 4. The number of aryl methyl sites for hydroxylation is 1. The summed E-state index contributed by atoms with van der Waals surface area (Å²) in [5, 5.41) is 7.15. The minimum atomic E-state index is 0.180. The number of hydrogen-bond acceptors (Lipinski definition) is 4. The molecule has 15 heavy (non-hydrogen) atoms. The molecule has 0 aromatic carbocycles. The van der Waals surface area contributed by atoms with Crippen LogP contribution in [0, 0.1) is 6.92 Å². The molecule has 1 aliphatic rings. The van der Waals surface area contributed by atoms with Crippen LogP contribution in [0.5, 0.6) is 0 Å². The first-order valence-corrected chi connectivity index (χ1v) is 7.56. The second-order valence-corrected chi connectivity index (χ2v) is 6.07. The summed E-state index contributed by atoms with van der Waals surface area (Å²) in [4.78, 5) is 4.66. The van der Waals surface area contributed by atoms with Crippen molar-refractivity contribution in [1.29, 1.82) is 0 Å². The molecule has 0 saturated carbocycles. The molecule has 0 aliphatic carbocycles. The van der Waals surface area contributed by atoms with E-state index in [-0.39, 0.29) is 5.54 Å². The van der Waals surface area contributed by atoms with Gasteiger partial charge in [-0.25, -0.2) is 4.98 Å². The van der Waals surface area contributed by atoms with Gasteiger partial charge in [-0.2, -0.15) is 11.8 Å². The summed E-state index contributed by atoms with van der Waals surface area (Å²) in [6.45, 7) is 5.39. The van der Waals surface area contributed by atoms with Gasteiger partial charge in [-0.1, -0.05) is 6.92 Å². The van der Waals surface area contributed by atoms with Crippen molar-refractivity contribution in [1.82, 2.24) is 10.3 Å². The van der Waals surface area contributed by atoms with Crippen LogP contribution in [0.2, 0.25) is 0 Å². The Morgan fingerprint density at radius 1 is 1.60 bits per heavy atom. The van der Waals surface area contributed by atoms with Crippen molar-refractivity contribution < 1.29 is 0 Å². The van der Waals surface area contributed by atoms with Crippen LogP contribution in [0.25, 0.3) is 0 Å². The van der Waals surface area contributed by atoms with Gasteiger partial charge in [-0.05, 0) is 32.1 Å². The second kappa shape index (κ2) is 4.85. The molecule has 4 heteroatoms. The highest BCUT2D eigenvalue weighted by Crippen LogP contribution is 2.38. The zero-order valence-electron chi connectivity index (χ0n) is 9.38. The molecule has 1 saturated heterocycles. The van der Waals surface area contributed by atoms with Crippen LogP contribution in [0.3, 0.4) is 0 Å². The third-order valence-electron chi connectivity index (χ3n) is 2.76. The van der Waals surface area contributed by atoms with Gasteiger partial charge in [0.2, 0.25) is 0 Å². The van der Waals surface area contributed by atoms with Crippen molar-refractivity contribution in [3.63, 3.8) is 0 Å². The molecule has 2 heterocycles. The average Bonchev–Trinajstić information content (AvgIpc) is 2.84. The third kappa shape index (κ3) is 2.37. The molecule has 1 aromatic rings. The Balaban J connectivity index is 2.18. The molecule has 0 spiro atoms. The van der Waals surface area contributed by atoms with Crippen LogP contribution in [0.15, 0.2) is 5.38 Å². The van der Waals surface area contributed by atoms with E-state index in [0.717, 1.165) is 12.2 Å². The Morgan fingerprint density at radius 2 is 2.47 bits per heavy atom. The maximum Gasteiger partial charge on any atom is 0.114 e. The van der Waals surface area contributed by atoms with Gasteiger partial charge in [-0.15, -0.1) is 11.3 Å². The van der Waals surface area contributed by atoms with Crippen LogP contribution >= 0.6 is 23.1 Å². The Labute approximate surface area is 99.9 Å². The highest BCUT2D eigenvalue weighted by molar-refractivity contribution is 7.99. The standard InChI is InChI=1S/C11H18N2S2/c1-3-5-12-11(4-6-14-8-11)10-13-9(2)7-15-10/h7,12H,3-6,8H2,1-2H3. The molecular formula is C11H18N2S2. The lowest BCUT2D eigenvalue weighted by atomic mass is 10.00. The first-order chi connectivity index (χ1) is 7.27. The first-order valence-electron chi connectivity index (χ1n) is 5.52. The molecular weight excluding hydrogens is 224 g/mol. The van der Waals surface area contributed by atoms with Crippen LogP contribution in [0.4, 0.5) is 0 Å². The monoisotopic (exact) mass is 242 g/mol. The number of nitrogens with one attached hydrogen (secondary N) is 1. The molecule has 1 aliphatic heterocycles. The lowest BCUT2D eigenvalue weighted by Gasteiger charge is -2.27. The number of aromatic nitrogens is 1. The van der Waals surface area contributed by atoms with E-state index in [4.69, 9.17) is 0 Å². The number of thiazole rings is 1. The Morgan fingerprint density at radius 3 is 3.00 bits per heavy atom. The van der Waals surface area contributed by atoms with E-state index < -0.39 is 0 Å². The summed E-state index contributed by atoms with van der Waals surface area (Å²) < 4.78 is 0. The predicted molar refractivity (Wildman–Crippen MR) is 68.8 cm³/mol. The van der Waals surface area contributed by atoms with E-state index in [1.165, 1.54) is 29.4 Å². The summed E-state index contributed by atoms with van der Waals surface area (Å²) in [7, 11) is 0. The molecule has 84 valence electrons. The van der Waals surface area contributed by atoms with Crippen molar-refractivity contribution in [3.8, 4) is 0 Å². The zero-order chi connectivity index (χ0) is 10.7. The molecule has 0 radical (unpaired) electrons. The van der Waals surface area contributed by atoms with Gasteiger partial charge in [0.1, 0.15) is 5.01 Å². The Bertz CT molecular complexity index is 316. The third-order valence-corrected chi connectivity index (χ3v) is 5.12. The van der Waals surface area contributed by atoms with E-state index >= 15 is 0 Å². The van der Waals surface area contributed by atoms with Crippen molar-refractivity contribution in [3.05, 3.63) is 16.1 Å². The second-order valence-electron chi connectivity index (χ2n) is 4.11. The summed E-state index contributed by atoms with van der Waals surface area (Å²) >= 11 is 3.85. The predicted octanol–water partition coefficient (Wildman–Crippen LogP) is 2.78.